The zero-order valence-electron chi connectivity index (χ0n) is 33.6. The highest BCUT2D eigenvalue weighted by Gasteiger charge is 2.35. The summed E-state index contributed by atoms with van der Waals surface area (Å²) >= 11 is 0. The second kappa shape index (κ2) is 14.2. The van der Waals surface area contributed by atoms with Gasteiger partial charge in [-0.25, -0.2) is 28.1 Å². The van der Waals surface area contributed by atoms with Crippen molar-refractivity contribution in [3.8, 4) is 45.6 Å². The number of hydrogen-bond donors (Lipinski definition) is 4. The molecule has 8 aromatic heterocycles. The number of benzene rings is 2. The summed E-state index contributed by atoms with van der Waals surface area (Å²) in [7, 11) is 1.87. The van der Waals surface area contributed by atoms with Crippen molar-refractivity contribution >= 4 is 55.2 Å². The average molecular weight is 848 g/mol. The molecule has 2 saturated heterocycles. The van der Waals surface area contributed by atoms with Gasteiger partial charge in [0.05, 0.1) is 76.7 Å². The Bertz CT molecular complexity index is 3370. The molecule has 2 fully saturated rings. The third-order valence-electron chi connectivity index (χ3n) is 12.0. The van der Waals surface area contributed by atoms with E-state index in [0.717, 1.165) is 56.3 Å². The number of rotatable bonds is 7. The van der Waals surface area contributed by atoms with Crippen LogP contribution in [0.15, 0.2) is 85.6 Å². The molecular weight excluding hydrogens is 812 g/mol. The minimum absolute atomic E-state index is 0.215. The maximum atomic E-state index is 14.7. The predicted molar refractivity (Wildman–Crippen MR) is 231 cm³/mol. The number of H-pyrrole nitrogens is 4. The van der Waals surface area contributed by atoms with Crippen molar-refractivity contribution in [1.82, 2.24) is 65.1 Å². The maximum absolute atomic E-state index is 14.7. The molecule has 10 aromatic rings. The molecule has 1 atom stereocenters. The number of ether oxygens (including phenoxy) is 1. The van der Waals surface area contributed by atoms with Crippen LogP contribution in [0.25, 0.3) is 89.4 Å². The van der Waals surface area contributed by atoms with Gasteiger partial charge in [0.1, 0.15) is 39.9 Å². The fourth-order valence-electron chi connectivity index (χ4n) is 8.83. The molecule has 1 unspecified atom stereocenters. The number of imidazole rings is 2. The number of fused-ring (bicyclic) bond motifs is 4. The predicted octanol–water partition coefficient (Wildman–Crippen LogP) is 7.73. The third kappa shape index (κ3) is 6.41. The van der Waals surface area contributed by atoms with Crippen LogP contribution in [0.2, 0.25) is 0 Å². The number of aromatic amines is 4. The molecule has 16 nitrogen and oxygen atoms in total. The molecule has 63 heavy (non-hydrogen) atoms. The molecule has 314 valence electrons. The van der Waals surface area contributed by atoms with E-state index < -0.39 is 17.8 Å². The van der Waals surface area contributed by atoms with Crippen LogP contribution in [-0.4, -0.2) is 104 Å². The van der Waals surface area contributed by atoms with Crippen LogP contribution in [0, 0.1) is 5.82 Å². The summed E-state index contributed by atoms with van der Waals surface area (Å²) in [6.45, 7) is 1.83. The average Bonchev–Trinajstić information content (AvgIpc) is 4.15. The summed E-state index contributed by atoms with van der Waals surface area (Å²) in [5.41, 5.74) is 10.5. The fourth-order valence-corrected chi connectivity index (χ4v) is 8.83. The van der Waals surface area contributed by atoms with Gasteiger partial charge in [0.2, 0.25) is 0 Å². The molecule has 2 aliphatic heterocycles. The molecule has 2 aliphatic rings. The molecule has 0 aliphatic carbocycles. The van der Waals surface area contributed by atoms with Crippen molar-refractivity contribution in [2.45, 2.75) is 24.9 Å². The van der Waals surface area contributed by atoms with Gasteiger partial charge >= 0.3 is 0 Å². The lowest BCUT2D eigenvalue weighted by molar-refractivity contribution is -0.0220. The number of nitrogens with one attached hydrogen (secondary N) is 4. The van der Waals surface area contributed by atoms with E-state index in [2.05, 4.69) is 45.2 Å². The van der Waals surface area contributed by atoms with E-state index in [-0.39, 0.29) is 25.9 Å². The van der Waals surface area contributed by atoms with Crippen molar-refractivity contribution in [3.63, 3.8) is 0 Å². The molecule has 2 aromatic carbocycles. The first kappa shape index (κ1) is 37.1. The van der Waals surface area contributed by atoms with E-state index >= 15 is 0 Å². The van der Waals surface area contributed by atoms with Crippen LogP contribution in [0.4, 0.5) is 24.5 Å². The molecule has 0 amide bonds. The molecule has 19 heteroatoms. The molecule has 0 radical (unpaired) electrons. The largest absolute Gasteiger partial charge is 0.369 e. The second-order valence-corrected chi connectivity index (χ2v) is 16.0. The van der Waals surface area contributed by atoms with Crippen molar-refractivity contribution in [2.24, 2.45) is 7.05 Å². The Balaban J connectivity index is 0.912. The summed E-state index contributed by atoms with van der Waals surface area (Å²) in [5, 5.41) is 21.6. The normalized spacial score (nSPS) is 16.9. The van der Waals surface area contributed by atoms with E-state index in [0.29, 0.717) is 76.1 Å². The Morgan fingerprint density at radius 1 is 0.730 bits per heavy atom. The van der Waals surface area contributed by atoms with Gasteiger partial charge in [-0.05, 0) is 42.5 Å². The summed E-state index contributed by atoms with van der Waals surface area (Å²) < 4.78 is 51.1. The highest BCUT2D eigenvalue weighted by atomic mass is 19.3. The van der Waals surface area contributed by atoms with Gasteiger partial charge in [0.25, 0.3) is 5.92 Å². The first-order valence-corrected chi connectivity index (χ1v) is 20.5. The van der Waals surface area contributed by atoms with E-state index in [1.807, 2.05) is 66.7 Å². The Hall–Kier alpha value is -7.67. The van der Waals surface area contributed by atoms with Gasteiger partial charge in [-0.2, -0.15) is 15.3 Å². The number of halogens is 3. The topological polar surface area (TPSA) is 187 Å². The third-order valence-corrected chi connectivity index (χ3v) is 12.0. The number of alkyl halides is 2. The standard InChI is InChI=1S/C44H36F3N15O/c1-60-21-24(18-50-60)30-15-26-32(20-49-30)56-58-37(26)42-52-29-5-3-7-34(40(29)55-42)62-12-13-63-35(22-62)41-36-27(16-31(51-41)23-14-25(45)19-48-17-23)38(59-57-36)43-53-28-4-2-6-33(39(28)54-43)61-10-8-44(46,47)9-11-61/h2-7,14-21,35H,8-13,22H2,1H3,(H,52,55)(H,53,54)(H,56,58)(H,57,59). The van der Waals surface area contributed by atoms with Crippen molar-refractivity contribution < 1.29 is 17.9 Å². The van der Waals surface area contributed by atoms with Crippen LogP contribution in [0.3, 0.4) is 0 Å². The van der Waals surface area contributed by atoms with Gasteiger partial charge in [0, 0.05) is 73.8 Å². The smallest absolute Gasteiger partial charge is 0.251 e. The number of morpholine rings is 1. The van der Waals surface area contributed by atoms with E-state index in [1.165, 1.54) is 6.07 Å². The zero-order valence-corrected chi connectivity index (χ0v) is 33.6. The summed E-state index contributed by atoms with van der Waals surface area (Å²) in [6, 6.07) is 16.9. The van der Waals surface area contributed by atoms with Crippen LogP contribution in [0.5, 0.6) is 0 Å². The quantitative estimate of drug-likeness (QED) is 0.123. The summed E-state index contributed by atoms with van der Waals surface area (Å²) in [6.07, 6.45) is 7.19. The van der Waals surface area contributed by atoms with Crippen molar-refractivity contribution in [1.29, 1.82) is 0 Å². The van der Waals surface area contributed by atoms with Gasteiger partial charge in [-0.3, -0.25) is 24.8 Å². The Morgan fingerprint density at radius 3 is 2.27 bits per heavy atom. The van der Waals surface area contributed by atoms with E-state index in [1.54, 1.807) is 23.3 Å². The molecule has 12 rings (SSSR count). The summed E-state index contributed by atoms with van der Waals surface area (Å²) in [5.74, 6) is -2.06. The molecule has 4 N–H and O–H groups in total. The molecule has 10 heterocycles. The fraction of sp³-hybridized carbons (Fsp3) is 0.227. The van der Waals surface area contributed by atoms with Crippen LogP contribution < -0.4 is 9.80 Å². The molecule has 0 saturated carbocycles. The first-order chi connectivity index (χ1) is 30.7. The number of aromatic nitrogens is 13. The van der Waals surface area contributed by atoms with E-state index in [9.17, 15) is 13.2 Å². The molecule has 0 bridgehead atoms. The number of hydrogen-bond acceptors (Lipinski definition) is 11. The number of pyridine rings is 3. The Kier molecular flexibility index (Phi) is 8.36. The number of nitrogens with zero attached hydrogens (tertiary/aromatic N) is 11. The highest BCUT2D eigenvalue weighted by molar-refractivity contribution is 5.99. The van der Waals surface area contributed by atoms with Gasteiger partial charge in [0.15, 0.2) is 11.6 Å². The first-order valence-electron chi connectivity index (χ1n) is 20.5. The maximum Gasteiger partial charge on any atom is 0.251 e. The minimum Gasteiger partial charge on any atom is -0.369 e. The molecular formula is C44H36F3N15O. The zero-order chi connectivity index (χ0) is 42.4. The second-order valence-electron chi connectivity index (χ2n) is 16.0. The van der Waals surface area contributed by atoms with Gasteiger partial charge in [-0.15, -0.1) is 0 Å². The number of anilines is 2. The lowest BCUT2D eigenvalue weighted by Gasteiger charge is -2.34. The monoisotopic (exact) mass is 847 g/mol. The van der Waals surface area contributed by atoms with Crippen LogP contribution >= 0.6 is 0 Å². The Morgan fingerprint density at radius 2 is 1.49 bits per heavy atom. The number of aryl methyl sites for hydroxylation is 1. The summed E-state index contributed by atoms with van der Waals surface area (Å²) in [4.78, 5) is 35.0. The van der Waals surface area contributed by atoms with Gasteiger partial charge < -0.3 is 24.5 Å². The van der Waals surface area contributed by atoms with Crippen LogP contribution in [0.1, 0.15) is 24.6 Å². The van der Waals surface area contributed by atoms with Crippen molar-refractivity contribution in [3.05, 3.63) is 97.1 Å². The highest BCUT2D eigenvalue weighted by Crippen LogP contribution is 2.39. The number of piperidine rings is 1. The lowest BCUT2D eigenvalue weighted by Crippen LogP contribution is -2.39. The minimum atomic E-state index is -2.67. The number of para-hydroxylation sites is 2. The van der Waals surface area contributed by atoms with Crippen LogP contribution in [-0.2, 0) is 11.8 Å². The Labute approximate surface area is 354 Å². The molecule has 0 spiro atoms. The van der Waals surface area contributed by atoms with Crippen molar-refractivity contribution in [2.75, 3.05) is 42.6 Å². The SMILES string of the molecule is Cn1cc(-c2cc3c(-c4nc5c(N6CCOC(c7nc(-c8cncc(F)c8)cc8c(-c9nc%10c(N%11CCC(F)(F)CC%11)cccc%10[nH]9)[nH]nc78)C6)cccc5[nH]4)n[nH]c3cn2)cn1. The van der Waals surface area contributed by atoms with Gasteiger partial charge in [-0.1, -0.05) is 12.1 Å². The lowest BCUT2D eigenvalue weighted by atomic mass is 10.0. The van der Waals surface area contributed by atoms with E-state index in [4.69, 9.17) is 24.8 Å².